The van der Waals surface area contributed by atoms with Gasteiger partial charge in [0.2, 0.25) is 0 Å². The van der Waals surface area contributed by atoms with E-state index in [2.05, 4.69) is 23.7 Å². The van der Waals surface area contributed by atoms with Gasteiger partial charge in [0.15, 0.2) is 11.6 Å². The monoisotopic (exact) mass is 374 g/mol. The van der Waals surface area contributed by atoms with Crippen molar-refractivity contribution in [2.24, 2.45) is 5.41 Å². The van der Waals surface area contributed by atoms with E-state index in [1.807, 2.05) is 0 Å². The Bertz CT molecular complexity index is 871. The molecule has 0 unspecified atom stereocenters. The number of aryl methyl sites for hydroxylation is 1. The van der Waals surface area contributed by atoms with Crippen molar-refractivity contribution in [1.29, 1.82) is 0 Å². The molecule has 0 amide bonds. The average molecular weight is 374 g/mol. The molecule has 1 N–H and O–H groups in total. The molecular formula is C21H24F2N2O2. The third-order valence-electron chi connectivity index (χ3n) is 5.36. The molecule has 1 aromatic carbocycles. The van der Waals surface area contributed by atoms with E-state index >= 15 is 0 Å². The molecule has 0 atom stereocenters. The Balaban J connectivity index is 2.15. The lowest BCUT2D eigenvalue weighted by Gasteiger charge is -2.40. The van der Waals surface area contributed by atoms with Gasteiger partial charge in [0.05, 0.1) is 12.1 Å². The van der Waals surface area contributed by atoms with Gasteiger partial charge in [0, 0.05) is 36.1 Å². The van der Waals surface area contributed by atoms with Gasteiger partial charge in [-0.05, 0) is 42.9 Å². The predicted molar refractivity (Wildman–Crippen MR) is 101 cm³/mol. The minimum Gasteiger partial charge on any atom is -0.481 e. The molecule has 27 heavy (non-hydrogen) atoms. The summed E-state index contributed by atoms with van der Waals surface area (Å²) < 4.78 is 27.2. The van der Waals surface area contributed by atoms with Gasteiger partial charge in [0.1, 0.15) is 0 Å². The van der Waals surface area contributed by atoms with Crippen LogP contribution >= 0.6 is 0 Å². The zero-order valence-corrected chi connectivity index (χ0v) is 15.9. The molecule has 6 heteroatoms. The van der Waals surface area contributed by atoms with Crippen LogP contribution in [0.1, 0.15) is 37.9 Å². The Labute approximate surface area is 157 Å². The summed E-state index contributed by atoms with van der Waals surface area (Å²) in [6.07, 6.45) is 3.41. The normalized spacial score (nSPS) is 16.4. The van der Waals surface area contributed by atoms with Crippen LogP contribution in [0.2, 0.25) is 0 Å². The SMILES string of the molecule is Cc1ncc(-c2ccc(F)c(F)c2)c(N2CCC(C)(C)CC2)c1CC(=O)O. The first-order chi connectivity index (χ1) is 12.7. The minimum absolute atomic E-state index is 0.161. The highest BCUT2D eigenvalue weighted by Gasteiger charge is 2.29. The number of benzene rings is 1. The van der Waals surface area contributed by atoms with Gasteiger partial charge in [-0.3, -0.25) is 9.78 Å². The highest BCUT2D eigenvalue weighted by atomic mass is 19.2. The molecule has 0 bridgehead atoms. The van der Waals surface area contributed by atoms with Crippen LogP contribution in [0, 0.1) is 24.0 Å². The molecule has 1 aliphatic rings. The van der Waals surface area contributed by atoms with Crippen molar-refractivity contribution in [1.82, 2.24) is 4.98 Å². The molecule has 2 heterocycles. The Morgan fingerprint density at radius 2 is 1.89 bits per heavy atom. The summed E-state index contributed by atoms with van der Waals surface area (Å²) in [5.74, 6) is -2.79. The molecule has 1 aromatic heterocycles. The highest BCUT2D eigenvalue weighted by molar-refractivity contribution is 5.84. The first-order valence-electron chi connectivity index (χ1n) is 9.08. The van der Waals surface area contributed by atoms with Gasteiger partial charge in [-0.2, -0.15) is 0 Å². The summed E-state index contributed by atoms with van der Waals surface area (Å²) in [5, 5.41) is 9.38. The summed E-state index contributed by atoms with van der Waals surface area (Å²) in [4.78, 5) is 17.9. The maximum Gasteiger partial charge on any atom is 0.307 e. The van der Waals surface area contributed by atoms with Crippen molar-refractivity contribution in [3.05, 3.63) is 47.3 Å². The number of piperidine rings is 1. The van der Waals surface area contributed by atoms with Crippen LogP contribution in [0.15, 0.2) is 24.4 Å². The van der Waals surface area contributed by atoms with Gasteiger partial charge in [0.25, 0.3) is 0 Å². The smallest absolute Gasteiger partial charge is 0.307 e. The number of hydrogen-bond donors (Lipinski definition) is 1. The third-order valence-corrected chi connectivity index (χ3v) is 5.36. The van der Waals surface area contributed by atoms with Crippen LogP contribution in [-0.4, -0.2) is 29.1 Å². The van der Waals surface area contributed by atoms with Crippen LogP contribution in [0.3, 0.4) is 0 Å². The van der Waals surface area contributed by atoms with Crippen molar-refractivity contribution < 1.29 is 18.7 Å². The van der Waals surface area contributed by atoms with Crippen molar-refractivity contribution in [3.8, 4) is 11.1 Å². The number of carboxylic acid groups (broad SMARTS) is 1. The van der Waals surface area contributed by atoms with E-state index in [0.29, 0.717) is 22.4 Å². The van der Waals surface area contributed by atoms with Crippen LogP contribution in [0.25, 0.3) is 11.1 Å². The predicted octanol–water partition coefficient (Wildman–Crippen LogP) is 4.59. The number of pyridine rings is 1. The van der Waals surface area contributed by atoms with Crippen molar-refractivity contribution in [2.45, 2.75) is 40.0 Å². The topological polar surface area (TPSA) is 53.4 Å². The molecule has 4 nitrogen and oxygen atoms in total. The number of carboxylic acids is 1. The standard InChI is InChI=1S/C21H24F2N2O2/c1-13-15(11-19(26)27)20(25-8-6-21(2,3)7-9-25)16(12-24-13)14-4-5-17(22)18(23)10-14/h4-5,10,12H,6-9,11H2,1-3H3,(H,26,27). The van der Waals surface area contributed by atoms with E-state index in [0.717, 1.165) is 43.8 Å². The van der Waals surface area contributed by atoms with Crippen molar-refractivity contribution in [2.75, 3.05) is 18.0 Å². The van der Waals surface area contributed by atoms with Crippen LogP contribution in [0.5, 0.6) is 0 Å². The molecule has 1 saturated heterocycles. The van der Waals surface area contributed by atoms with E-state index in [1.165, 1.54) is 6.07 Å². The van der Waals surface area contributed by atoms with Gasteiger partial charge >= 0.3 is 5.97 Å². The fraction of sp³-hybridized carbons (Fsp3) is 0.429. The second-order valence-corrected chi connectivity index (χ2v) is 7.94. The number of nitrogens with zero attached hydrogens (tertiary/aromatic N) is 2. The Morgan fingerprint density at radius 3 is 2.48 bits per heavy atom. The van der Waals surface area contributed by atoms with Gasteiger partial charge in [-0.25, -0.2) is 8.78 Å². The fourth-order valence-electron chi connectivity index (χ4n) is 3.57. The lowest BCUT2D eigenvalue weighted by atomic mass is 9.82. The Kier molecular flexibility index (Phi) is 5.18. The van der Waals surface area contributed by atoms with E-state index in [-0.39, 0.29) is 11.8 Å². The van der Waals surface area contributed by atoms with Crippen LogP contribution in [-0.2, 0) is 11.2 Å². The van der Waals surface area contributed by atoms with Gasteiger partial charge < -0.3 is 10.0 Å². The summed E-state index contributed by atoms with van der Waals surface area (Å²) in [6.45, 7) is 7.78. The Hall–Kier alpha value is -2.50. The second-order valence-electron chi connectivity index (χ2n) is 7.94. The zero-order chi connectivity index (χ0) is 19.8. The van der Waals surface area contributed by atoms with Crippen molar-refractivity contribution >= 4 is 11.7 Å². The zero-order valence-electron chi connectivity index (χ0n) is 15.9. The second kappa shape index (κ2) is 7.25. The molecule has 2 aromatic rings. The molecule has 0 aliphatic carbocycles. The number of halogens is 2. The van der Waals surface area contributed by atoms with Crippen molar-refractivity contribution in [3.63, 3.8) is 0 Å². The largest absolute Gasteiger partial charge is 0.481 e. The third kappa shape index (κ3) is 4.10. The number of aromatic nitrogens is 1. The van der Waals surface area contributed by atoms with E-state index < -0.39 is 17.6 Å². The highest BCUT2D eigenvalue weighted by Crippen LogP contribution is 2.40. The molecule has 0 radical (unpaired) electrons. The fourth-order valence-corrected chi connectivity index (χ4v) is 3.57. The van der Waals surface area contributed by atoms with Crippen LogP contribution in [0.4, 0.5) is 14.5 Å². The number of anilines is 1. The molecule has 144 valence electrons. The number of hydrogen-bond acceptors (Lipinski definition) is 3. The average Bonchev–Trinajstić information content (AvgIpc) is 2.59. The first kappa shape index (κ1) is 19.3. The van der Waals surface area contributed by atoms with Crippen LogP contribution < -0.4 is 4.90 Å². The summed E-state index contributed by atoms with van der Waals surface area (Å²) in [5.41, 5.74) is 3.40. The van der Waals surface area contributed by atoms with E-state index in [9.17, 15) is 18.7 Å². The van der Waals surface area contributed by atoms with Gasteiger partial charge in [-0.15, -0.1) is 0 Å². The maximum absolute atomic E-state index is 13.8. The summed E-state index contributed by atoms with van der Waals surface area (Å²) in [7, 11) is 0. The Morgan fingerprint density at radius 1 is 1.22 bits per heavy atom. The van der Waals surface area contributed by atoms with E-state index in [1.54, 1.807) is 13.1 Å². The molecule has 3 rings (SSSR count). The summed E-state index contributed by atoms with van der Waals surface area (Å²) in [6, 6.07) is 3.74. The first-order valence-corrected chi connectivity index (χ1v) is 9.08. The number of rotatable bonds is 4. The lowest BCUT2D eigenvalue weighted by molar-refractivity contribution is -0.136. The van der Waals surface area contributed by atoms with Gasteiger partial charge in [-0.1, -0.05) is 19.9 Å². The maximum atomic E-state index is 13.8. The van der Waals surface area contributed by atoms with E-state index in [4.69, 9.17) is 0 Å². The number of aliphatic carboxylic acids is 1. The number of carbonyl (C=O) groups is 1. The molecule has 1 aliphatic heterocycles. The molecule has 1 fully saturated rings. The molecular weight excluding hydrogens is 350 g/mol. The minimum atomic E-state index is -0.944. The summed E-state index contributed by atoms with van der Waals surface area (Å²) >= 11 is 0. The molecule has 0 saturated carbocycles. The molecule has 0 spiro atoms. The quantitative estimate of drug-likeness (QED) is 0.851. The lowest BCUT2D eigenvalue weighted by Crippen LogP contribution is -2.38.